The van der Waals surface area contributed by atoms with E-state index in [4.69, 9.17) is 0 Å². The monoisotopic (exact) mass is 383 g/mol. The van der Waals surface area contributed by atoms with Gasteiger partial charge in [0.2, 0.25) is 10.0 Å². The molecule has 1 atom stereocenters. The van der Waals surface area contributed by atoms with E-state index in [0.717, 1.165) is 16.7 Å². The van der Waals surface area contributed by atoms with E-state index in [-0.39, 0.29) is 12.3 Å². The van der Waals surface area contributed by atoms with Crippen LogP contribution in [0.3, 0.4) is 0 Å². The molecule has 1 aliphatic heterocycles. The number of hydrogen-bond acceptors (Lipinski definition) is 4. The molecule has 1 amide bonds. The molecule has 0 saturated heterocycles. The largest absolute Gasteiger partial charge is 0.272 e. The summed E-state index contributed by atoms with van der Waals surface area (Å²) in [5.74, 6) is -0.115. The van der Waals surface area contributed by atoms with Crippen LogP contribution in [-0.2, 0) is 14.8 Å². The fourth-order valence-electron chi connectivity index (χ4n) is 3.68. The van der Waals surface area contributed by atoms with Crippen molar-refractivity contribution in [2.45, 2.75) is 38.4 Å². The third-order valence-electron chi connectivity index (χ3n) is 5.11. The van der Waals surface area contributed by atoms with Gasteiger partial charge in [-0.05, 0) is 45.4 Å². The maximum Gasteiger partial charge on any atom is 0.253 e. The van der Waals surface area contributed by atoms with Crippen LogP contribution in [0.5, 0.6) is 0 Å². The van der Waals surface area contributed by atoms with Gasteiger partial charge >= 0.3 is 0 Å². The Kier molecular flexibility index (Phi) is 3.89. The van der Waals surface area contributed by atoms with Crippen LogP contribution < -0.4 is 5.01 Å². The lowest BCUT2D eigenvalue weighted by molar-refractivity contribution is -0.116. The molecule has 6 nitrogen and oxygen atoms in total. The van der Waals surface area contributed by atoms with Crippen molar-refractivity contribution in [1.82, 2.24) is 3.97 Å². The van der Waals surface area contributed by atoms with Gasteiger partial charge in [-0.3, -0.25) is 4.79 Å². The number of fused-ring (bicyclic) bond motifs is 1. The average molecular weight is 383 g/mol. The summed E-state index contributed by atoms with van der Waals surface area (Å²) in [6.07, 6.45) is 7.78. The van der Waals surface area contributed by atoms with Crippen LogP contribution in [0.2, 0.25) is 0 Å². The summed E-state index contributed by atoms with van der Waals surface area (Å²) in [5, 5.41) is 6.40. The highest BCUT2D eigenvalue weighted by atomic mass is 32.2. The SMILES string of the molecule is CC1=CC=CC(C)(S(=O)(=O)n2ccc3ccc(N4N=C(C)CC4=O)cc32)C1. The van der Waals surface area contributed by atoms with Crippen LogP contribution in [0.4, 0.5) is 5.69 Å². The third kappa shape index (κ3) is 2.73. The second-order valence-corrected chi connectivity index (χ2v) is 9.72. The van der Waals surface area contributed by atoms with Gasteiger partial charge in [-0.2, -0.15) is 5.10 Å². The number of allylic oxidation sites excluding steroid dienone is 3. The number of amides is 1. The van der Waals surface area contributed by atoms with E-state index in [1.807, 2.05) is 19.1 Å². The van der Waals surface area contributed by atoms with Gasteiger partial charge in [0.05, 0.1) is 17.6 Å². The second-order valence-electron chi connectivity index (χ2n) is 7.44. The molecule has 0 spiro atoms. The minimum Gasteiger partial charge on any atom is -0.272 e. The van der Waals surface area contributed by atoms with Crippen LogP contribution in [0.1, 0.15) is 33.6 Å². The Balaban J connectivity index is 1.83. The van der Waals surface area contributed by atoms with Crippen molar-refractivity contribution in [2.75, 3.05) is 5.01 Å². The molecular weight excluding hydrogens is 362 g/mol. The summed E-state index contributed by atoms with van der Waals surface area (Å²) >= 11 is 0. The summed E-state index contributed by atoms with van der Waals surface area (Å²) in [5.41, 5.74) is 2.88. The number of aromatic nitrogens is 1. The first-order valence-electron chi connectivity index (χ1n) is 8.80. The molecule has 0 radical (unpaired) electrons. The number of hydrazone groups is 1. The molecule has 1 unspecified atom stereocenters. The van der Waals surface area contributed by atoms with Gasteiger partial charge in [0.25, 0.3) is 5.91 Å². The normalized spacial score (nSPS) is 23.1. The predicted molar refractivity (Wildman–Crippen MR) is 107 cm³/mol. The topological polar surface area (TPSA) is 71.7 Å². The summed E-state index contributed by atoms with van der Waals surface area (Å²) in [7, 11) is -3.69. The molecular formula is C20H21N3O3S. The molecule has 27 heavy (non-hydrogen) atoms. The van der Waals surface area contributed by atoms with Crippen LogP contribution in [0.25, 0.3) is 10.9 Å². The first kappa shape index (κ1) is 17.7. The molecule has 2 aliphatic rings. The molecule has 1 aliphatic carbocycles. The maximum absolute atomic E-state index is 13.5. The predicted octanol–water partition coefficient (Wildman–Crippen LogP) is 3.60. The van der Waals surface area contributed by atoms with Crippen LogP contribution in [0.15, 0.2) is 59.4 Å². The third-order valence-corrected chi connectivity index (χ3v) is 7.40. The number of rotatable bonds is 3. The molecule has 1 aromatic heterocycles. The van der Waals surface area contributed by atoms with E-state index in [0.29, 0.717) is 17.6 Å². The van der Waals surface area contributed by atoms with Gasteiger partial charge in [0, 0.05) is 17.3 Å². The van der Waals surface area contributed by atoms with Crippen LogP contribution in [0, 0.1) is 0 Å². The molecule has 0 saturated carbocycles. The van der Waals surface area contributed by atoms with Crippen molar-refractivity contribution >= 4 is 38.2 Å². The molecule has 4 rings (SSSR count). The number of carbonyl (C=O) groups excluding carboxylic acids is 1. The molecule has 140 valence electrons. The standard InChI is InChI=1S/C20H21N3O3S/c1-14-5-4-9-20(3,13-14)27(25,26)22-10-8-16-6-7-17(12-18(16)22)23-19(24)11-15(2)21-23/h4-10,12H,11,13H2,1-3H3. The number of benzene rings is 1. The van der Waals surface area contributed by atoms with Gasteiger partial charge in [0.15, 0.2) is 0 Å². The van der Waals surface area contributed by atoms with Crippen LogP contribution >= 0.6 is 0 Å². The lowest BCUT2D eigenvalue weighted by atomic mass is 9.96. The zero-order valence-corrected chi connectivity index (χ0v) is 16.3. The van der Waals surface area contributed by atoms with Crippen molar-refractivity contribution < 1.29 is 13.2 Å². The smallest absolute Gasteiger partial charge is 0.253 e. The molecule has 0 N–H and O–H groups in total. The first-order chi connectivity index (χ1) is 12.7. The average Bonchev–Trinajstić information content (AvgIpc) is 3.16. The van der Waals surface area contributed by atoms with Gasteiger partial charge < -0.3 is 0 Å². The van der Waals surface area contributed by atoms with E-state index in [1.165, 1.54) is 8.98 Å². The Bertz CT molecular complexity index is 1150. The highest BCUT2D eigenvalue weighted by molar-refractivity contribution is 7.91. The fraction of sp³-hybridized carbons (Fsp3) is 0.300. The Morgan fingerprint density at radius 2 is 1.96 bits per heavy atom. The van der Waals surface area contributed by atoms with E-state index in [9.17, 15) is 13.2 Å². The Labute approximate surface area is 158 Å². The van der Waals surface area contributed by atoms with Gasteiger partial charge in [-0.25, -0.2) is 17.4 Å². The Hall–Kier alpha value is -2.67. The lowest BCUT2D eigenvalue weighted by Crippen LogP contribution is -2.38. The molecule has 0 fully saturated rings. The van der Waals surface area contributed by atoms with Crippen molar-refractivity contribution in [3.63, 3.8) is 0 Å². The Morgan fingerprint density at radius 3 is 2.63 bits per heavy atom. The summed E-state index contributed by atoms with van der Waals surface area (Å²) in [4.78, 5) is 12.1. The maximum atomic E-state index is 13.5. The number of carbonyl (C=O) groups is 1. The summed E-state index contributed by atoms with van der Waals surface area (Å²) in [6.45, 7) is 5.47. The lowest BCUT2D eigenvalue weighted by Gasteiger charge is -2.29. The quantitative estimate of drug-likeness (QED) is 0.813. The number of anilines is 1. The fourth-order valence-corrected chi connectivity index (χ4v) is 5.43. The second kappa shape index (κ2) is 5.92. The molecule has 1 aromatic carbocycles. The van der Waals surface area contributed by atoms with Crippen molar-refractivity contribution in [2.24, 2.45) is 5.10 Å². The highest BCUT2D eigenvalue weighted by Gasteiger charge is 2.40. The Morgan fingerprint density at radius 1 is 1.19 bits per heavy atom. The zero-order chi connectivity index (χ0) is 19.4. The minimum atomic E-state index is -3.69. The number of hydrogen-bond donors (Lipinski definition) is 0. The van der Waals surface area contributed by atoms with Crippen molar-refractivity contribution in [3.05, 3.63) is 54.3 Å². The van der Waals surface area contributed by atoms with E-state index in [2.05, 4.69) is 5.10 Å². The van der Waals surface area contributed by atoms with Crippen molar-refractivity contribution in [1.29, 1.82) is 0 Å². The van der Waals surface area contributed by atoms with Gasteiger partial charge in [-0.1, -0.05) is 29.9 Å². The molecule has 2 aromatic rings. The van der Waals surface area contributed by atoms with E-state index in [1.54, 1.807) is 50.4 Å². The van der Waals surface area contributed by atoms with Gasteiger partial charge in [0.1, 0.15) is 4.75 Å². The zero-order valence-electron chi connectivity index (χ0n) is 15.5. The van der Waals surface area contributed by atoms with E-state index < -0.39 is 14.8 Å². The van der Waals surface area contributed by atoms with Gasteiger partial charge in [-0.15, -0.1) is 0 Å². The van der Waals surface area contributed by atoms with Crippen LogP contribution in [-0.4, -0.2) is 28.8 Å². The molecule has 2 heterocycles. The summed E-state index contributed by atoms with van der Waals surface area (Å²) < 4.78 is 27.2. The minimum absolute atomic E-state index is 0.115. The summed E-state index contributed by atoms with van der Waals surface area (Å²) in [6, 6.07) is 7.09. The molecule has 7 heteroatoms. The van der Waals surface area contributed by atoms with E-state index >= 15 is 0 Å². The first-order valence-corrected chi connectivity index (χ1v) is 10.2. The highest BCUT2D eigenvalue weighted by Crippen LogP contribution is 2.35. The van der Waals surface area contributed by atoms with Crippen molar-refractivity contribution in [3.8, 4) is 0 Å². The molecule has 0 bridgehead atoms. The number of nitrogens with zero attached hydrogens (tertiary/aromatic N) is 3.